The molecule has 0 aromatic heterocycles. The van der Waals surface area contributed by atoms with Crippen LogP contribution in [0.2, 0.25) is 0 Å². The van der Waals surface area contributed by atoms with Gasteiger partial charge in [0.25, 0.3) is 5.91 Å². The van der Waals surface area contributed by atoms with Gasteiger partial charge in [0.1, 0.15) is 11.6 Å². The quantitative estimate of drug-likeness (QED) is 0.879. The second-order valence-electron chi connectivity index (χ2n) is 8.00. The molecule has 2 saturated heterocycles. The van der Waals surface area contributed by atoms with Gasteiger partial charge < -0.3 is 10.0 Å². The predicted octanol–water partition coefficient (Wildman–Crippen LogP) is 2.92. The third-order valence-corrected chi connectivity index (χ3v) is 6.21. The molecule has 2 aliphatic rings. The summed E-state index contributed by atoms with van der Waals surface area (Å²) < 4.78 is 27.5. The van der Waals surface area contributed by atoms with E-state index >= 15 is 0 Å². The molecule has 1 N–H and O–H groups in total. The summed E-state index contributed by atoms with van der Waals surface area (Å²) in [6.07, 6.45) is 0.655. The number of halogens is 2. The van der Waals surface area contributed by atoms with Gasteiger partial charge in [-0.05, 0) is 36.1 Å². The average Bonchev–Trinajstić information content (AvgIpc) is 3.07. The lowest BCUT2D eigenvalue weighted by molar-refractivity contribution is 0.0175. The van der Waals surface area contributed by atoms with E-state index < -0.39 is 17.5 Å². The van der Waals surface area contributed by atoms with Gasteiger partial charge in [0.2, 0.25) is 0 Å². The number of likely N-dealkylation sites (tertiary alicyclic amines) is 2. The van der Waals surface area contributed by atoms with Gasteiger partial charge in [-0.2, -0.15) is 0 Å². The minimum atomic E-state index is -0.706. The van der Waals surface area contributed by atoms with Crippen molar-refractivity contribution in [3.05, 3.63) is 71.3 Å². The van der Waals surface area contributed by atoms with Gasteiger partial charge in [0.15, 0.2) is 0 Å². The van der Waals surface area contributed by atoms with E-state index in [1.807, 2.05) is 18.2 Å². The van der Waals surface area contributed by atoms with Crippen LogP contribution in [0.25, 0.3) is 0 Å². The molecule has 2 aliphatic heterocycles. The molecule has 2 atom stereocenters. The first kappa shape index (κ1) is 19.0. The average molecular weight is 386 g/mol. The number of aliphatic hydroxyl groups is 1. The molecular formula is C22H24F2N2O2. The van der Waals surface area contributed by atoms with Crippen molar-refractivity contribution < 1.29 is 18.7 Å². The summed E-state index contributed by atoms with van der Waals surface area (Å²) in [7, 11) is 0. The van der Waals surface area contributed by atoms with Crippen LogP contribution in [-0.4, -0.2) is 53.6 Å². The first-order chi connectivity index (χ1) is 13.5. The summed E-state index contributed by atoms with van der Waals surface area (Å²) in [5.74, 6) is -1.70. The second-order valence-corrected chi connectivity index (χ2v) is 8.00. The molecule has 148 valence electrons. The van der Waals surface area contributed by atoms with Gasteiger partial charge in [-0.3, -0.25) is 9.69 Å². The SMILES string of the molecule is O=C(c1cc(F)ccc1F)N1CC[C@@]2(CO)CN(Cc3ccccc3)C[C@H]2C1. The van der Waals surface area contributed by atoms with Crippen LogP contribution in [0.4, 0.5) is 8.78 Å². The molecule has 0 bridgehead atoms. The fourth-order valence-electron chi connectivity index (χ4n) is 4.63. The summed E-state index contributed by atoms with van der Waals surface area (Å²) in [5.41, 5.74) is 0.742. The zero-order valence-corrected chi connectivity index (χ0v) is 15.7. The molecule has 4 nitrogen and oxygen atoms in total. The monoisotopic (exact) mass is 386 g/mol. The summed E-state index contributed by atoms with van der Waals surface area (Å²) in [6.45, 7) is 3.29. The van der Waals surface area contributed by atoms with Crippen molar-refractivity contribution in [2.24, 2.45) is 11.3 Å². The third-order valence-electron chi connectivity index (χ3n) is 6.21. The van der Waals surface area contributed by atoms with E-state index in [4.69, 9.17) is 0 Å². The van der Waals surface area contributed by atoms with Gasteiger partial charge in [-0.25, -0.2) is 8.78 Å². The van der Waals surface area contributed by atoms with Crippen LogP contribution in [-0.2, 0) is 6.54 Å². The van der Waals surface area contributed by atoms with Crippen molar-refractivity contribution in [2.45, 2.75) is 13.0 Å². The topological polar surface area (TPSA) is 43.8 Å². The molecule has 1 amide bonds. The van der Waals surface area contributed by atoms with E-state index in [2.05, 4.69) is 17.0 Å². The fourth-order valence-corrected chi connectivity index (χ4v) is 4.63. The highest BCUT2D eigenvalue weighted by Gasteiger charge is 2.49. The molecule has 0 spiro atoms. The van der Waals surface area contributed by atoms with Gasteiger partial charge in [-0.15, -0.1) is 0 Å². The van der Waals surface area contributed by atoms with E-state index in [9.17, 15) is 18.7 Å². The highest BCUT2D eigenvalue weighted by molar-refractivity contribution is 5.94. The molecule has 0 unspecified atom stereocenters. The molecular weight excluding hydrogens is 362 g/mol. The van der Waals surface area contributed by atoms with Gasteiger partial charge in [0, 0.05) is 38.1 Å². The second kappa shape index (κ2) is 7.60. The minimum absolute atomic E-state index is 0.0688. The van der Waals surface area contributed by atoms with Crippen LogP contribution in [0.15, 0.2) is 48.5 Å². The molecule has 2 aromatic carbocycles. The smallest absolute Gasteiger partial charge is 0.256 e. The number of carbonyl (C=O) groups is 1. The highest BCUT2D eigenvalue weighted by Crippen LogP contribution is 2.43. The van der Waals surface area contributed by atoms with Crippen LogP contribution >= 0.6 is 0 Å². The summed E-state index contributed by atoms with van der Waals surface area (Å²) in [6, 6.07) is 13.1. The Morgan fingerprint density at radius 1 is 1.14 bits per heavy atom. The van der Waals surface area contributed by atoms with Gasteiger partial charge >= 0.3 is 0 Å². The number of piperidine rings is 1. The number of aliphatic hydroxyl groups excluding tert-OH is 1. The lowest BCUT2D eigenvalue weighted by atomic mass is 9.73. The number of benzene rings is 2. The Morgan fingerprint density at radius 2 is 1.93 bits per heavy atom. The van der Waals surface area contributed by atoms with Crippen LogP contribution in [0, 0.1) is 23.0 Å². The summed E-state index contributed by atoms with van der Waals surface area (Å²) >= 11 is 0. The van der Waals surface area contributed by atoms with Crippen LogP contribution < -0.4 is 0 Å². The van der Waals surface area contributed by atoms with Gasteiger partial charge in [-0.1, -0.05) is 30.3 Å². The maximum absolute atomic E-state index is 14.0. The Balaban J connectivity index is 1.49. The molecule has 0 aliphatic carbocycles. The normalized spacial score (nSPS) is 25.0. The number of hydrogen-bond donors (Lipinski definition) is 1. The van der Waals surface area contributed by atoms with Crippen molar-refractivity contribution in [2.75, 3.05) is 32.8 Å². The summed E-state index contributed by atoms with van der Waals surface area (Å²) in [5, 5.41) is 10.1. The first-order valence-electron chi connectivity index (χ1n) is 9.62. The molecule has 2 aromatic rings. The van der Waals surface area contributed by atoms with E-state index in [0.29, 0.717) is 19.5 Å². The van der Waals surface area contributed by atoms with E-state index in [-0.39, 0.29) is 23.5 Å². The van der Waals surface area contributed by atoms with Gasteiger partial charge in [0.05, 0.1) is 12.2 Å². The maximum Gasteiger partial charge on any atom is 0.256 e. The largest absolute Gasteiger partial charge is 0.396 e. The molecule has 2 fully saturated rings. The molecule has 2 heterocycles. The number of amides is 1. The Hall–Kier alpha value is -2.31. The van der Waals surface area contributed by atoms with Crippen molar-refractivity contribution in [3.8, 4) is 0 Å². The molecule has 4 rings (SSSR count). The van der Waals surface area contributed by atoms with Crippen molar-refractivity contribution >= 4 is 5.91 Å². The zero-order valence-electron chi connectivity index (χ0n) is 15.7. The van der Waals surface area contributed by atoms with Crippen LogP contribution in [0.1, 0.15) is 22.3 Å². The summed E-state index contributed by atoms with van der Waals surface area (Å²) in [4.78, 5) is 16.7. The Labute approximate surface area is 163 Å². The fraction of sp³-hybridized carbons (Fsp3) is 0.409. The molecule has 0 saturated carbocycles. The lowest BCUT2D eigenvalue weighted by Gasteiger charge is -2.42. The van der Waals surface area contributed by atoms with Crippen molar-refractivity contribution in [1.29, 1.82) is 0 Å². The molecule has 28 heavy (non-hydrogen) atoms. The number of hydrogen-bond acceptors (Lipinski definition) is 3. The number of fused-ring (bicyclic) bond motifs is 1. The standard InChI is InChI=1S/C22H24F2N2O2/c23-18-6-7-20(24)19(10-18)21(28)26-9-8-22(15-27)14-25(12-17(22)13-26)11-16-4-2-1-3-5-16/h1-7,10,17,27H,8-9,11-15H2/t17-,22-/m0/s1. The number of nitrogens with zero attached hydrogens (tertiary/aromatic N) is 2. The molecule has 6 heteroatoms. The van der Waals surface area contributed by atoms with Crippen LogP contribution in [0.5, 0.6) is 0 Å². The van der Waals surface area contributed by atoms with E-state index in [0.717, 1.165) is 37.8 Å². The van der Waals surface area contributed by atoms with Crippen molar-refractivity contribution in [1.82, 2.24) is 9.80 Å². The highest BCUT2D eigenvalue weighted by atomic mass is 19.1. The Bertz CT molecular complexity index is 861. The number of carbonyl (C=O) groups excluding carboxylic acids is 1. The minimum Gasteiger partial charge on any atom is -0.396 e. The van der Waals surface area contributed by atoms with Crippen molar-refractivity contribution in [3.63, 3.8) is 0 Å². The first-order valence-corrected chi connectivity index (χ1v) is 9.62. The maximum atomic E-state index is 14.0. The number of rotatable bonds is 4. The third kappa shape index (κ3) is 3.54. The Kier molecular flexibility index (Phi) is 5.17. The van der Waals surface area contributed by atoms with Crippen LogP contribution in [0.3, 0.4) is 0 Å². The zero-order chi connectivity index (χ0) is 19.7. The molecule has 0 radical (unpaired) electrons. The predicted molar refractivity (Wildman–Crippen MR) is 102 cm³/mol. The van der Waals surface area contributed by atoms with E-state index in [1.165, 1.54) is 5.56 Å². The Morgan fingerprint density at radius 3 is 2.68 bits per heavy atom. The van der Waals surface area contributed by atoms with E-state index in [1.54, 1.807) is 4.90 Å². The lowest BCUT2D eigenvalue weighted by Crippen LogP contribution is -2.50.